The van der Waals surface area contributed by atoms with E-state index >= 15 is 0 Å². The Balaban J connectivity index is 1.39. The van der Waals surface area contributed by atoms with Gasteiger partial charge in [-0.25, -0.2) is 9.97 Å². The van der Waals surface area contributed by atoms with Crippen LogP contribution in [0.15, 0.2) is 48.8 Å². The second kappa shape index (κ2) is 8.18. The van der Waals surface area contributed by atoms with Crippen LogP contribution in [0.3, 0.4) is 0 Å². The maximum atomic E-state index is 12.5. The Labute approximate surface area is 163 Å². The summed E-state index contributed by atoms with van der Waals surface area (Å²) in [6.45, 7) is 3.61. The highest BCUT2D eigenvalue weighted by Gasteiger charge is 2.18. The first-order valence-electron chi connectivity index (χ1n) is 9.35. The molecule has 8 heteroatoms. The van der Waals surface area contributed by atoms with Crippen LogP contribution in [0, 0.1) is 0 Å². The summed E-state index contributed by atoms with van der Waals surface area (Å²) in [6.07, 6.45) is 3.16. The van der Waals surface area contributed by atoms with E-state index in [0.29, 0.717) is 31.1 Å². The van der Waals surface area contributed by atoms with Crippen LogP contribution in [0.2, 0.25) is 0 Å². The van der Waals surface area contributed by atoms with Crippen molar-refractivity contribution >= 4 is 11.9 Å². The topological polar surface area (TPSA) is 88.0 Å². The summed E-state index contributed by atoms with van der Waals surface area (Å²) in [4.78, 5) is 22.9. The lowest BCUT2D eigenvalue weighted by Gasteiger charge is -2.27. The number of benzene rings is 1. The molecular formula is C20H23N7O. The number of carbonyl (C=O) groups excluding carboxylic acids is 1. The molecule has 2 aromatic heterocycles. The molecule has 1 fully saturated rings. The molecule has 28 heavy (non-hydrogen) atoms. The molecule has 144 valence electrons. The third-order valence-corrected chi connectivity index (χ3v) is 4.78. The Morgan fingerprint density at radius 3 is 2.57 bits per heavy atom. The summed E-state index contributed by atoms with van der Waals surface area (Å²) in [5.74, 6) is 0.464. The van der Waals surface area contributed by atoms with Gasteiger partial charge in [-0.3, -0.25) is 9.48 Å². The van der Waals surface area contributed by atoms with Crippen LogP contribution in [0.25, 0.3) is 11.3 Å². The van der Waals surface area contributed by atoms with E-state index in [-0.39, 0.29) is 5.91 Å². The van der Waals surface area contributed by atoms with Gasteiger partial charge in [-0.05, 0) is 6.07 Å². The van der Waals surface area contributed by atoms with Gasteiger partial charge in [0.2, 0.25) is 5.95 Å². The monoisotopic (exact) mass is 377 g/mol. The highest BCUT2D eigenvalue weighted by atomic mass is 16.2. The molecular weight excluding hydrogens is 354 g/mol. The lowest BCUT2D eigenvalue weighted by molar-refractivity contribution is 0.0735. The number of hydrogen-bond acceptors (Lipinski definition) is 6. The molecule has 1 aromatic carbocycles. The van der Waals surface area contributed by atoms with Crippen molar-refractivity contribution in [1.82, 2.24) is 30.0 Å². The summed E-state index contributed by atoms with van der Waals surface area (Å²) in [6, 6.07) is 12.1. The number of rotatable bonds is 5. The van der Waals surface area contributed by atoms with E-state index in [1.54, 1.807) is 12.4 Å². The zero-order valence-corrected chi connectivity index (χ0v) is 15.8. The van der Waals surface area contributed by atoms with E-state index in [9.17, 15) is 4.79 Å². The molecule has 1 amide bonds. The minimum Gasteiger partial charge on any atom is -0.349 e. The number of amides is 1. The lowest BCUT2D eigenvalue weighted by atomic mass is 10.1. The normalized spacial score (nSPS) is 14.1. The minimum atomic E-state index is -0.0211. The average Bonchev–Trinajstić information content (AvgIpc) is 3.14. The first-order valence-corrected chi connectivity index (χ1v) is 9.35. The van der Waals surface area contributed by atoms with Crippen molar-refractivity contribution in [2.24, 2.45) is 7.05 Å². The lowest BCUT2D eigenvalue weighted by Crippen LogP contribution is -2.46. The molecule has 0 radical (unpaired) electrons. The molecule has 0 saturated carbocycles. The van der Waals surface area contributed by atoms with Gasteiger partial charge in [-0.1, -0.05) is 30.3 Å². The summed E-state index contributed by atoms with van der Waals surface area (Å²) in [5.41, 5.74) is 3.54. The SMILES string of the molecule is Cn1nc(-c2ccccc2)cc1CNc1ncc(C(=O)N2CCNCC2)cn1. The van der Waals surface area contributed by atoms with Crippen LogP contribution in [-0.2, 0) is 13.6 Å². The van der Waals surface area contributed by atoms with Crippen molar-refractivity contribution in [1.29, 1.82) is 0 Å². The zero-order chi connectivity index (χ0) is 19.3. The minimum absolute atomic E-state index is 0.0211. The fraction of sp³-hybridized carbons (Fsp3) is 0.300. The van der Waals surface area contributed by atoms with Gasteiger partial charge in [0, 0.05) is 51.2 Å². The van der Waals surface area contributed by atoms with E-state index in [1.165, 1.54) is 0 Å². The highest BCUT2D eigenvalue weighted by molar-refractivity contribution is 5.93. The average molecular weight is 377 g/mol. The van der Waals surface area contributed by atoms with Crippen molar-refractivity contribution in [2.45, 2.75) is 6.54 Å². The molecule has 3 heterocycles. The summed E-state index contributed by atoms with van der Waals surface area (Å²) in [5, 5.41) is 11.0. The molecule has 0 aliphatic carbocycles. The Bertz CT molecular complexity index is 931. The molecule has 1 saturated heterocycles. The number of anilines is 1. The summed E-state index contributed by atoms with van der Waals surface area (Å²) in [7, 11) is 1.92. The predicted octanol–water partition coefficient (Wildman–Crippen LogP) is 1.53. The highest BCUT2D eigenvalue weighted by Crippen LogP contribution is 2.18. The number of aromatic nitrogens is 4. The molecule has 4 rings (SSSR count). The third-order valence-electron chi connectivity index (χ3n) is 4.78. The van der Waals surface area contributed by atoms with Gasteiger partial charge in [0.15, 0.2) is 0 Å². The Kier molecular flexibility index (Phi) is 5.29. The van der Waals surface area contributed by atoms with Crippen LogP contribution < -0.4 is 10.6 Å². The van der Waals surface area contributed by atoms with Crippen molar-refractivity contribution in [3.05, 3.63) is 60.0 Å². The quantitative estimate of drug-likeness (QED) is 0.701. The van der Waals surface area contributed by atoms with Crippen LogP contribution in [0.1, 0.15) is 16.1 Å². The first kappa shape index (κ1) is 18.1. The van der Waals surface area contributed by atoms with Crippen molar-refractivity contribution in [3.63, 3.8) is 0 Å². The summed E-state index contributed by atoms with van der Waals surface area (Å²) >= 11 is 0. The number of piperazine rings is 1. The molecule has 1 aliphatic rings. The standard InChI is InChI=1S/C20H23N7O/c1-26-17(11-18(25-26)15-5-3-2-4-6-15)14-24-20-22-12-16(13-23-20)19(28)27-9-7-21-8-10-27/h2-6,11-13,21H,7-10,14H2,1H3,(H,22,23,24). The van der Waals surface area contributed by atoms with Crippen LogP contribution in [0.5, 0.6) is 0 Å². The van der Waals surface area contributed by atoms with E-state index in [4.69, 9.17) is 0 Å². The number of hydrogen-bond donors (Lipinski definition) is 2. The van der Waals surface area contributed by atoms with Gasteiger partial charge in [0.05, 0.1) is 23.5 Å². The Hall–Kier alpha value is -3.26. The molecule has 2 N–H and O–H groups in total. The Morgan fingerprint density at radius 1 is 1.14 bits per heavy atom. The predicted molar refractivity (Wildman–Crippen MR) is 107 cm³/mol. The second-order valence-electron chi connectivity index (χ2n) is 6.70. The third kappa shape index (κ3) is 4.01. The van der Waals surface area contributed by atoms with E-state index < -0.39 is 0 Å². The van der Waals surface area contributed by atoms with Gasteiger partial charge in [0.25, 0.3) is 5.91 Å². The zero-order valence-electron chi connectivity index (χ0n) is 15.8. The van der Waals surface area contributed by atoms with Gasteiger partial charge >= 0.3 is 0 Å². The van der Waals surface area contributed by atoms with E-state index in [2.05, 4.69) is 25.7 Å². The molecule has 0 atom stereocenters. The number of aryl methyl sites for hydroxylation is 1. The van der Waals surface area contributed by atoms with Gasteiger partial charge in [0.1, 0.15) is 0 Å². The van der Waals surface area contributed by atoms with E-state index in [1.807, 2.05) is 53.0 Å². The Morgan fingerprint density at radius 2 is 1.86 bits per heavy atom. The molecule has 0 unspecified atom stereocenters. The maximum absolute atomic E-state index is 12.5. The van der Waals surface area contributed by atoms with Crippen LogP contribution in [0.4, 0.5) is 5.95 Å². The molecule has 0 spiro atoms. The van der Waals surface area contributed by atoms with Gasteiger partial charge in [-0.2, -0.15) is 5.10 Å². The molecule has 1 aliphatic heterocycles. The van der Waals surface area contributed by atoms with Gasteiger partial charge in [-0.15, -0.1) is 0 Å². The fourth-order valence-corrected chi connectivity index (χ4v) is 3.17. The number of nitrogens with one attached hydrogen (secondary N) is 2. The number of nitrogens with zero attached hydrogens (tertiary/aromatic N) is 5. The largest absolute Gasteiger partial charge is 0.349 e. The molecule has 3 aromatic rings. The van der Waals surface area contributed by atoms with Gasteiger partial charge < -0.3 is 15.5 Å². The first-order chi connectivity index (χ1) is 13.7. The smallest absolute Gasteiger partial charge is 0.257 e. The summed E-state index contributed by atoms with van der Waals surface area (Å²) < 4.78 is 1.84. The van der Waals surface area contributed by atoms with Crippen molar-refractivity contribution < 1.29 is 4.79 Å². The van der Waals surface area contributed by atoms with Crippen LogP contribution >= 0.6 is 0 Å². The van der Waals surface area contributed by atoms with Crippen LogP contribution in [-0.4, -0.2) is 56.7 Å². The second-order valence-corrected chi connectivity index (χ2v) is 6.70. The molecule has 8 nitrogen and oxygen atoms in total. The van der Waals surface area contributed by atoms with Crippen molar-refractivity contribution in [2.75, 3.05) is 31.5 Å². The van der Waals surface area contributed by atoms with Crippen molar-refractivity contribution in [3.8, 4) is 11.3 Å². The number of carbonyl (C=O) groups is 1. The van der Waals surface area contributed by atoms with E-state index in [0.717, 1.165) is 30.0 Å². The molecule has 0 bridgehead atoms. The fourth-order valence-electron chi connectivity index (χ4n) is 3.17. The maximum Gasteiger partial charge on any atom is 0.257 e.